The average Bonchev–Trinajstić information content (AvgIpc) is 2.91. The topological polar surface area (TPSA) is 101 Å². The van der Waals surface area contributed by atoms with E-state index in [-0.39, 0.29) is 9.92 Å². The van der Waals surface area contributed by atoms with Crippen LogP contribution in [0.4, 0.5) is 5.69 Å². The number of rotatable bonds is 6. The molecule has 1 aromatic heterocycles. The quantitative estimate of drug-likeness (QED) is 0.556. The van der Waals surface area contributed by atoms with Gasteiger partial charge in [0.15, 0.2) is 0 Å². The molecule has 0 saturated heterocycles. The van der Waals surface area contributed by atoms with Gasteiger partial charge in [0.25, 0.3) is 0 Å². The minimum atomic E-state index is -3.56. The normalized spacial score (nSPS) is 11.7. The highest BCUT2D eigenvalue weighted by atomic mass is 35.5. The highest BCUT2D eigenvalue weighted by molar-refractivity contribution is 7.89. The van der Waals surface area contributed by atoms with Crippen LogP contribution in [0.1, 0.15) is 12.2 Å². The lowest BCUT2D eigenvalue weighted by Gasteiger charge is -2.07. The Bertz CT molecular complexity index is 671. The van der Waals surface area contributed by atoms with E-state index in [1.807, 2.05) is 0 Å². The summed E-state index contributed by atoms with van der Waals surface area (Å²) in [5.41, 5.74) is 5.90. The second-order valence-electron chi connectivity index (χ2n) is 4.22. The van der Waals surface area contributed by atoms with E-state index in [1.165, 1.54) is 18.2 Å². The number of H-pyrrole nitrogens is 1. The number of aryl methyl sites for hydroxylation is 1. The molecule has 0 fully saturated rings. The van der Waals surface area contributed by atoms with Gasteiger partial charge in [0, 0.05) is 25.4 Å². The van der Waals surface area contributed by atoms with Crippen LogP contribution in [0, 0.1) is 0 Å². The van der Waals surface area contributed by atoms with Crippen LogP contribution in [0.5, 0.6) is 0 Å². The van der Waals surface area contributed by atoms with Gasteiger partial charge in [0.1, 0.15) is 5.82 Å². The van der Waals surface area contributed by atoms with E-state index in [2.05, 4.69) is 14.7 Å². The zero-order valence-corrected chi connectivity index (χ0v) is 12.2. The number of nitrogens with two attached hydrogens (primary N) is 1. The molecule has 8 heteroatoms. The molecule has 2 aromatic rings. The lowest BCUT2D eigenvalue weighted by molar-refractivity contribution is 0.578. The van der Waals surface area contributed by atoms with E-state index in [0.29, 0.717) is 25.1 Å². The highest BCUT2D eigenvalue weighted by Gasteiger charge is 2.14. The number of imidazole rings is 1. The molecule has 1 heterocycles. The Morgan fingerprint density at radius 3 is 2.85 bits per heavy atom. The van der Waals surface area contributed by atoms with Crippen LogP contribution in [-0.2, 0) is 16.4 Å². The zero-order valence-electron chi connectivity index (χ0n) is 10.6. The van der Waals surface area contributed by atoms with Gasteiger partial charge in [-0.3, -0.25) is 0 Å². The molecule has 4 N–H and O–H groups in total. The molecule has 0 unspecified atom stereocenters. The van der Waals surface area contributed by atoms with Crippen LogP contribution in [0.15, 0.2) is 35.5 Å². The molecule has 108 valence electrons. The molecule has 1 aromatic carbocycles. The number of anilines is 1. The number of hydrogen-bond donors (Lipinski definition) is 3. The van der Waals surface area contributed by atoms with Crippen LogP contribution in [0.2, 0.25) is 5.02 Å². The first kappa shape index (κ1) is 14.8. The largest absolute Gasteiger partial charge is 0.398 e. The first-order valence-electron chi connectivity index (χ1n) is 6.02. The Morgan fingerprint density at radius 1 is 1.40 bits per heavy atom. The first-order valence-corrected chi connectivity index (χ1v) is 7.88. The number of nitrogen functional groups attached to an aromatic ring is 1. The maximum absolute atomic E-state index is 12.0. The summed E-state index contributed by atoms with van der Waals surface area (Å²) in [7, 11) is -3.56. The van der Waals surface area contributed by atoms with E-state index < -0.39 is 10.0 Å². The number of halogens is 1. The number of nitrogens with zero attached hydrogens (tertiary/aromatic N) is 1. The number of benzene rings is 1. The van der Waals surface area contributed by atoms with E-state index >= 15 is 0 Å². The smallest absolute Gasteiger partial charge is 0.240 e. The average molecular weight is 315 g/mol. The standard InChI is InChI=1S/C12H15ClN4O2S/c13-10-8-9(3-4-11(10)14)20(18,19)17-5-1-2-12-15-6-7-16-12/h3-4,6-8,17H,1-2,5,14H2,(H,15,16). The summed E-state index contributed by atoms with van der Waals surface area (Å²) in [4.78, 5) is 7.13. The molecular weight excluding hydrogens is 300 g/mol. The van der Waals surface area contributed by atoms with Crippen molar-refractivity contribution in [2.45, 2.75) is 17.7 Å². The summed E-state index contributed by atoms with van der Waals surface area (Å²) in [6.45, 7) is 0.324. The van der Waals surface area contributed by atoms with Crippen LogP contribution < -0.4 is 10.5 Å². The van der Waals surface area contributed by atoms with Gasteiger partial charge >= 0.3 is 0 Å². The summed E-state index contributed by atoms with van der Waals surface area (Å²) in [6.07, 6.45) is 4.72. The fourth-order valence-electron chi connectivity index (χ4n) is 1.66. The van der Waals surface area contributed by atoms with Crippen molar-refractivity contribution >= 4 is 27.3 Å². The van der Waals surface area contributed by atoms with Gasteiger partial charge in [-0.2, -0.15) is 0 Å². The van der Waals surface area contributed by atoms with Crippen molar-refractivity contribution in [3.8, 4) is 0 Å². The van der Waals surface area contributed by atoms with Gasteiger partial charge in [0.05, 0.1) is 15.6 Å². The third kappa shape index (κ3) is 3.72. The predicted molar refractivity (Wildman–Crippen MR) is 78.0 cm³/mol. The third-order valence-corrected chi connectivity index (χ3v) is 4.51. The van der Waals surface area contributed by atoms with Crippen LogP contribution in [0.3, 0.4) is 0 Å². The number of aromatic nitrogens is 2. The molecule has 0 radical (unpaired) electrons. The van der Waals surface area contributed by atoms with Crippen molar-refractivity contribution in [2.75, 3.05) is 12.3 Å². The minimum absolute atomic E-state index is 0.106. The van der Waals surface area contributed by atoms with Gasteiger partial charge in [-0.15, -0.1) is 0 Å². The Hall–Kier alpha value is -1.57. The summed E-state index contributed by atoms with van der Waals surface area (Å²) < 4.78 is 26.6. The Kier molecular flexibility index (Phi) is 4.64. The van der Waals surface area contributed by atoms with Crippen molar-refractivity contribution in [3.63, 3.8) is 0 Å². The van der Waals surface area contributed by atoms with Crippen LogP contribution in [0.25, 0.3) is 0 Å². The maximum Gasteiger partial charge on any atom is 0.240 e. The molecular formula is C12H15ClN4O2S. The zero-order chi connectivity index (χ0) is 14.6. The van der Waals surface area contributed by atoms with Crippen molar-refractivity contribution in [3.05, 3.63) is 41.4 Å². The summed E-state index contributed by atoms with van der Waals surface area (Å²) in [6, 6.07) is 4.24. The fourth-order valence-corrected chi connectivity index (χ4v) is 3.00. The molecule has 0 aliphatic carbocycles. The van der Waals surface area contributed by atoms with Gasteiger partial charge < -0.3 is 10.7 Å². The molecule has 20 heavy (non-hydrogen) atoms. The van der Waals surface area contributed by atoms with Gasteiger partial charge in [-0.1, -0.05) is 11.6 Å². The predicted octanol–water partition coefficient (Wildman–Crippen LogP) is 1.56. The van der Waals surface area contributed by atoms with Crippen molar-refractivity contribution in [2.24, 2.45) is 0 Å². The van der Waals surface area contributed by atoms with Crippen molar-refractivity contribution in [1.82, 2.24) is 14.7 Å². The Labute approximate surface area is 122 Å². The summed E-state index contributed by atoms with van der Waals surface area (Å²) in [5.74, 6) is 0.833. The van der Waals surface area contributed by atoms with Crippen LogP contribution >= 0.6 is 11.6 Å². The van der Waals surface area contributed by atoms with E-state index in [4.69, 9.17) is 17.3 Å². The van der Waals surface area contributed by atoms with E-state index in [1.54, 1.807) is 12.4 Å². The number of hydrogen-bond acceptors (Lipinski definition) is 4. The third-order valence-electron chi connectivity index (χ3n) is 2.72. The van der Waals surface area contributed by atoms with Gasteiger partial charge in [0.2, 0.25) is 10.0 Å². The monoisotopic (exact) mass is 314 g/mol. The second kappa shape index (κ2) is 6.25. The van der Waals surface area contributed by atoms with E-state index in [0.717, 1.165) is 5.82 Å². The summed E-state index contributed by atoms with van der Waals surface area (Å²) >= 11 is 5.82. The molecule has 0 aliphatic rings. The molecule has 0 spiro atoms. The molecule has 0 saturated carbocycles. The van der Waals surface area contributed by atoms with Crippen molar-refractivity contribution in [1.29, 1.82) is 0 Å². The number of aromatic amines is 1. The Balaban J connectivity index is 1.92. The number of nitrogens with one attached hydrogen (secondary N) is 2. The molecule has 0 aliphatic heterocycles. The molecule has 2 rings (SSSR count). The maximum atomic E-state index is 12.0. The van der Waals surface area contributed by atoms with Crippen molar-refractivity contribution < 1.29 is 8.42 Å². The van der Waals surface area contributed by atoms with Gasteiger partial charge in [-0.25, -0.2) is 18.1 Å². The first-order chi connectivity index (χ1) is 9.49. The SMILES string of the molecule is Nc1ccc(S(=O)(=O)NCCCc2ncc[nH]2)cc1Cl. The van der Waals surface area contributed by atoms with Crippen LogP contribution in [-0.4, -0.2) is 24.9 Å². The lowest BCUT2D eigenvalue weighted by atomic mass is 10.3. The lowest BCUT2D eigenvalue weighted by Crippen LogP contribution is -2.25. The Morgan fingerprint density at radius 2 is 2.20 bits per heavy atom. The van der Waals surface area contributed by atoms with Gasteiger partial charge in [-0.05, 0) is 24.6 Å². The summed E-state index contributed by atoms with van der Waals surface area (Å²) in [5, 5.41) is 0.225. The highest BCUT2D eigenvalue weighted by Crippen LogP contribution is 2.22. The minimum Gasteiger partial charge on any atom is -0.398 e. The number of sulfonamides is 1. The molecule has 6 nitrogen and oxygen atoms in total. The molecule has 0 bridgehead atoms. The molecule has 0 atom stereocenters. The van der Waals surface area contributed by atoms with E-state index in [9.17, 15) is 8.42 Å². The second-order valence-corrected chi connectivity index (χ2v) is 6.39. The molecule has 0 amide bonds. The fraction of sp³-hybridized carbons (Fsp3) is 0.250.